The van der Waals surface area contributed by atoms with E-state index in [9.17, 15) is 9.59 Å². The van der Waals surface area contributed by atoms with E-state index in [1.165, 1.54) is 11.3 Å². The Morgan fingerprint density at radius 1 is 1.53 bits per heavy atom. The summed E-state index contributed by atoms with van der Waals surface area (Å²) in [4.78, 5) is 23.7. The number of carboxylic acid groups (broad SMARTS) is 1. The first-order chi connectivity index (χ1) is 8.93. The number of carbonyl (C=O) groups is 2. The minimum atomic E-state index is -1.01. The number of amides is 2. The average Bonchev–Trinajstić information content (AvgIpc) is 2.78. The molecule has 0 saturated heterocycles. The van der Waals surface area contributed by atoms with Gasteiger partial charge in [-0.2, -0.15) is 0 Å². The van der Waals surface area contributed by atoms with Gasteiger partial charge in [-0.3, -0.25) is 0 Å². The van der Waals surface area contributed by atoms with Crippen LogP contribution >= 0.6 is 27.3 Å². The molecule has 2 atom stereocenters. The highest BCUT2D eigenvalue weighted by Gasteiger charge is 2.25. The summed E-state index contributed by atoms with van der Waals surface area (Å²) < 4.78 is 0.970. The molecule has 19 heavy (non-hydrogen) atoms. The molecule has 2 amide bonds. The lowest BCUT2D eigenvalue weighted by Crippen LogP contribution is -2.48. The van der Waals surface area contributed by atoms with Crippen LogP contribution in [0.4, 0.5) is 4.79 Å². The van der Waals surface area contributed by atoms with Gasteiger partial charge in [-0.1, -0.05) is 20.3 Å². The summed E-state index contributed by atoms with van der Waals surface area (Å²) in [7, 11) is 0. The summed E-state index contributed by atoms with van der Waals surface area (Å²) in [5.74, 6) is -1.12. The first-order valence-electron chi connectivity index (χ1n) is 5.94. The lowest BCUT2D eigenvalue weighted by molar-refractivity contribution is -0.140. The van der Waals surface area contributed by atoms with Gasteiger partial charge in [0.2, 0.25) is 0 Å². The fraction of sp³-hybridized carbons (Fsp3) is 0.500. The van der Waals surface area contributed by atoms with E-state index in [2.05, 4.69) is 26.6 Å². The van der Waals surface area contributed by atoms with Gasteiger partial charge in [-0.25, -0.2) is 9.59 Å². The number of urea groups is 1. The van der Waals surface area contributed by atoms with Crippen LogP contribution in [-0.4, -0.2) is 23.1 Å². The number of hydrogen-bond donors (Lipinski definition) is 3. The molecule has 1 aromatic heterocycles. The van der Waals surface area contributed by atoms with Crippen LogP contribution in [0.25, 0.3) is 0 Å². The SMILES string of the molecule is CC[C@H](C)[C@H](NC(=O)NCc1cc(Br)cs1)C(=O)O. The molecule has 0 unspecified atom stereocenters. The van der Waals surface area contributed by atoms with Crippen molar-refractivity contribution in [3.63, 3.8) is 0 Å². The maximum Gasteiger partial charge on any atom is 0.326 e. The highest BCUT2D eigenvalue weighted by Crippen LogP contribution is 2.19. The van der Waals surface area contributed by atoms with Gasteiger partial charge in [0.05, 0.1) is 6.54 Å². The highest BCUT2D eigenvalue weighted by molar-refractivity contribution is 9.10. The van der Waals surface area contributed by atoms with Crippen molar-refractivity contribution in [2.45, 2.75) is 32.9 Å². The van der Waals surface area contributed by atoms with Gasteiger partial charge in [0.1, 0.15) is 6.04 Å². The molecule has 0 saturated carbocycles. The molecule has 0 bridgehead atoms. The number of rotatable bonds is 6. The number of halogens is 1. The summed E-state index contributed by atoms with van der Waals surface area (Å²) in [6, 6.07) is 0.589. The van der Waals surface area contributed by atoms with E-state index in [-0.39, 0.29) is 5.92 Å². The van der Waals surface area contributed by atoms with Crippen LogP contribution in [0.1, 0.15) is 25.1 Å². The van der Waals surface area contributed by atoms with Gasteiger partial charge in [-0.15, -0.1) is 11.3 Å². The molecule has 106 valence electrons. The van der Waals surface area contributed by atoms with Crippen LogP contribution in [0.5, 0.6) is 0 Å². The lowest BCUT2D eigenvalue weighted by Gasteiger charge is -2.20. The summed E-state index contributed by atoms with van der Waals surface area (Å²) >= 11 is 4.85. The number of hydrogen-bond acceptors (Lipinski definition) is 3. The molecular formula is C12H17BrN2O3S. The molecule has 1 aromatic rings. The van der Waals surface area contributed by atoms with E-state index in [1.54, 1.807) is 6.92 Å². The maximum absolute atomic E-state index is 11.7. The van der Waals surface area contributed by atoms with E-state index in [0.29, 0.717) is 13.0 Å². The third-order valence-corrected chi connectivity index (χ3v) is 4.51. The Balaban J connectivity index is 2.46. The zero-order valence-electron chi connectivity index (χ0n) is 10.8. The molecule has 0 aromatic carbocycles. The van der Waals surface area contributed by atoms with Crippen LogP contribution in [0, 0.1) is 5.92 Å². The molecule has 1 heterocycles. The Morgan fingerprint density at radius 3 is 2.68 bits per heavy atom. The van der Waals surface area contributed by atoms with Gasteiger partial charge in [-0.05, 0) is 27.9 Å². The van der Waals surface area contributed by atoms with Crippen molar-refractivity contribution < 1.29 is 14.7 Å². The molecule has 0 fully saturated rings. The van der Waals surface area contributed by atoms with Crippen molar-refractivity contribution in [2.75, 3.05) is 0 Å². The van der Waals surface area contributed by atoms with Crippen LogP contribution in [0.2, 0.25) is 0 Å². The largest absolute Gasteiger partial charge is 0.480 e. The lowest BCUT2D eigenvalue weighted by atomic mass is 9.99. The van der Waals surface area contributed by atoms with Gasteiger partial charge < -0.3 is 15.7 Å². The molecule has 7 heteroatoms. The van der Waals surface area contributed by atoms with E-state index in [0.717, 1.165) is 9.35 Å². The molecule has 0 aliphatic rings. The molecular weight excluding hydrogens is 332 g/mol. The van der Waals surface area contributed by atoms with Crippen molar-refractivity contribution in [1.29, 1.82) is 0 Å². The summed E-state index contributed by atoms with van der Waals surface area (Å²) in [6.07, 6.45) is 0.690. The second-order valence-electron chi connectivity index (χ2n) is 4.26. The maximum atomic E-state index is 11.7. The number of nitrogens with one attached hydrogen (secondary N) is 2. The molecule has 1 rings (SSSR count). The number of carboxylic acids is 1. The number of carbonyl (C=O) groups excluding carboxylic acids is 1. The molecule has 3 N–H and O–H groups in total. The molecule has 0 spiro atoms. The Bertz CT molecular complexity index is 450. The molecule has 0 aliphatic heterocycles. The van der Waals surface area contributed by atoms with Gasteiger partial charge in [0.15, 0.2) is 0 Å². The second kappa shape index (κ2) is 7.49. The average molecular weight is 349 g/mol. The highest BCUT2D eigenvalue weighted by atomic mass is 79.9. The zero-order valence-corrected chi connectivity index (χ0v) is 13.2. The quantitative estimate of drug-likeness (QED) is 0.739. The number of aliphatic carboxylic acids is 1. The normalized spacial score (nSPS) is 13.6. The van der Waals surface area contributed by atoms with Gasteiger partial charge in [0.25, 0.3) is 0 Å². The first kappa shape index (κ1) is 16.0. The van der Waals surface area contributed by atoms with Crippen molar-refractivity contribution in [3.05, 3.63) is 20.8 Å². The summed E-state index contributed by atoms with van der Waals surface area (Å²) in [5.41, 5.74) is 0. The Labute approximate surface area is 124 Å². The van der Waals surface area contributed by atoms with Crippen molar-refractivity contribution in [1.82, 2.24) is 10.6 Å². The molecule has 0 radical (unpaired) electrons. The van der Waals surface area contributed by atoms with Crippen LogP contribution < -0.4 is 10.6 Å². The van der Waals surface area contributed by atoms with Crippen molar-refractivity contribution >= 4 is 39.3 Å². The van der Waals surface area contributed by atoms with Crippen LogP contribution in [0.3, 0.4) is 0 Å². The smallest absolute Gasteiger partial charge is 0.326 e. The van der Waals surface area contributed by atoms with E-state index >= 15 is 0 Å². The predicted octanol–water partition coefficient (Wildman–Crippen LogP) is 2.81. The topological polar surface area (TPSA) is 78.4 Å². The fourth-order valence-corrected chi connectivity index (χ4v) is 2.88. The number of thiophene rings is 1. The van der Waals surface area contributed by atoms with Gasteiger partial charge >= 0.3 is 12.0 Å². The first-order valence-corrected chi connectivity index (χ1v) is 7.61. The van der Waals surface area contributed by atoms with Crippen molar-refractivity contribution in [2.24, 2.45) is 5.92 Å². The standard InChI is InChI=1S/C12H17BrN2O3S/c1-3-7(2)10(11(16)17)15-12(18)14-5-9-4-8(13)6-19-9/h4,6-7,10H,3,5H2,1-2H3,(H,16,17)(H2,14,15,18)/t7-,10-/m0/s1. The predicted molar refractivity (Wildman–Crippen MR) is 78.3 cm³/mol. The fourth-order valence-electron chi connectivity index (χ4n) is 1.49. The summed E-state index contributed by atoms with van der Waals surface area (Å²) in [6.45, 7) is 4.08. The third kappa shape index (κ3) is 5.20. The third-order valence-electron chi connectivity index (χ3n) is 2.81. The Hall–Kier alpha value is -1.08. The van der Waals surface area contributed by atoms with E-state index in [4.69, 9.17) is 5.11 Å². The Morgan fingerprint density at radius 2 is 2.21 bits per heavy atom. The monoisotopic (exact) mass is 348 g/mol. The van der Waals surface area contributed by atoms with Crippen molar-refractivity contribution in [3.8, 4) is 0 Å². The second-order valence-corrected chi connectivity index (χ2v) is 6.17. The molecule has 5 nitrogen and oxygen atoms in total. The summed E-state index contributed by atoms with van der Waals surface area (Å²) in [5, 5.41) is 16.1. The van der Waals surface area contributed by atoms with Crippen LogP contribution in [0.15, 0.2) is 15.9 Å². The van der Waals surface area contributed by atoms with Crippen LogP contribution in [-0.2, 0) is 11.3 Å². The zero-order chi connectivity index (χ0) is 14.4. The minimum Gasteiger partial charge on any atom is -0.480 e. The molecule has 0 aliphatic carbocycles. The van der Waals surface area contributed by atoms with E-state index < -0.39 is 18.0 Å². The Kier molecular flexibility index (Phi) is 6.30. The van der Waals surface area contributed by atoms with E-state index in [1.807, 2.05) is 18.4 Å². The minimum absolute atomic E-state index is 0.112. The van der Waals surface area contributed by atoms with Gasteiger partial charge in [0, 0.05) is 14.7 Å².